The summed E-state index contributed by atoms with van der Waals surface area (Å²) in [5.74, 6) is -0.00369. The molecule has 0 heterocycles. The third-order valence-electron chi connectivity index (χ3n) is 4.25. The van der Waals surface area contributed by atoms with Crippen molar-refractivity contribution in [3.63, 3.8) is 0 Å². The van der Waals surface area contributed by atoms with Gasteiger partial charge < -0.3 is 15.7 Å². The van der Waals surface area contributed by atoms with Gasteiger partial charge in [0.2, 0.25) is 0 Å². The Bertz CT molecular complexity index is 562. The highest BCUT2D eigenvalue weighted by Gasteiger charge is 2.30. The van der Waals surface area contributed by atoms with Crippen LogP contribution in [-0.4, -0.2) is 23.1 Å². The molecule has 1 aliphatic carbocycles. The lowest BCUT2D eigenvalue weighted by atomic mass is 9.98. The highest BCUT2D eigenvalue weighted by molar-refractivity contribution is 6.34. The summed E-state index contributed by atoms with van der Waals surface area (Å²) >= 11 is 5.98. The van der Waals surface area contributed by atoms with Gasteiger partial charge in [0.15, 0.2) is 0 Å². The van der Waals surface area contributed by atoms with Crippen molar-refractivity contribution in [2.75, 3.05) is 5.32 Å². The smallest absolute Gasteiger partial charge is 0.335 e. The lowest BCUT2D eigenvalue weighted by Crippen LogP contribution is -2.40. The second kappa shape index (κ2) is 6.35. The predicted molar refractivity (Wildman–Crippen MR) is 81.9 cm³/mol. The molecule has 0 aromatic heterocycles. The molecular formula is C15H19ClN2O3. The number of carbonyl (C=O) groups is 2. The summed E-state index contributed by atoms with van der Waals surface area (Å²) < 4.78 is 0. The molecule has 2 amide bonds. The maximum Gasteiger partial charge on any atom is 0.335 e. The number of urea groups is 1. The first-order valence-electron chi connectivity index (χ1n) is 6.99. The molecule has 0 spiro atoms. The number of amides is 2. The Morgan fingerprint density at radius 3 is 2.52 bits per heavy atom. The van der Waals surface area contributed by atoms with Crippen molar-refractivity contribution < 1.29 is 14.7 Å². The Morgan fingerprint density at radius 1 is 1.29 bits per heavy atom. The Kier molecular flexibility index (Phi) is 4.73. The van der Waals surface area contributed by atoms with Crippen molar-refractivity contribution >= 4 is 29.3 Å². The highest BCUT2D eigenvalue weighted by Crippen LogP contribution is 2.31. The van der Waals surface area contributed by atoms with E-state index in [1.54, 1.807) is 0 Å². The van der Waals surface area contributed by atoms with Gasteiger partial charge in [0, 0.05) is 6.04 Å². The lowest BCUT2D eigenvalue weighted by Gasteiger charge is -2.20. The van der Waals surface area contributed by atoms with Gasteiger partial charge in [0.05, 0.1) is 16.3 Å². The van der Waals surface area contributed by atoms with Crippen LogP contribution in [0.1, 0.15) is 37.0 Å². The Morgan fingerprint density at radius 2 is 2.00 bits per heavy atom. The van der Waals surface area contributed by atoms with E-state index in [-0.39, 0.29) is 22.7 Å². The first-order chi connectivity index (χ1) is 9.88. The molecule has 1 aliphatic rings. The van der Waals surface area contributed by atoms with Crippen LogP contribution in [0.3, 0.4) is 0 Å². The van der Waals surface area contributed by atoms with E-state index >= 15 is 0 Å². The topological polar surface area (TPSA) is 78.4 Å². The quantitative estimate of drug-likeness (QED) is 0.798. The molecule has 1 aromatic carbocycles. The van der Waals surface area contributed by atoms with Gasteiger partial charge in [-0.3, -0.25) is 0 Å². The fourth-order valence-electron chi connectivity index (χ4n) is 2.64. The van der Waals surface area contributed by atoms with Crippen LogP contribution in [0, 0.1) is 11.8 Å². The summed E-state index contributed by atoms with van der Waals surface area (Å²) in [5, 5.41) is 14.7. The molecule has 0 aliphatic heterocycles. The monoisotopic (exact) mass is 310 g/mol. The van der Waals surface area contributed by atoms with Crippen LogP contribution in [0.15, 0.2) is 18.2 Å². The van der Waals surface area contributed by atoms with Crippen LogP contribution in [0.2, 0.25) is 5.02 Å². The molecule has 0 saturated heterocycles. The number of carbonyl (C=O) groups excluding carboxylic acids is 1. The first kappa shape index (κ1) is 15.6. The van der Waals surface area contributed by atoms with Gasteiger partial charge in [-0.15, -0.1) is 0 Å². The highest BCUT2D eigenvalue weighted by atomic mass is 35.5. The second-order valence-corrected chi connectivity index (χ2v) is 6.03. The van der Waals surface area contributed by atoms with Crippen molar-refractivity contribution in [3.8, 4) is 0 Å². The maximum atomic E-state index is 12.0. The first-order valence-corrected chi connectivity index (χ1v) is 7.36. The van der Waals surface area contributed by atoms with E-state index in [1.807, 2.05) is 0 Å². The molecule has 3 N–H and O–H groups in total. The number of aromatic carboxylic acids is 1. The number of rotatable bonds is 3. The van der Waals surface area contributed by atoms with Gasteiger partial charge in [0.25, 0.3) is 0 Å². The molecule has 1 fully saturated rings. The van der Waals surface area contributed by atoms with Crippen molar-refractivity contribution in [1.29, 1.82) is 0 Å². The minimum Gasteiger partial charge on any atom is -0.478 e. The molecule has 3 atom stereocenters. The Labute approximate surface area is 128 Å². The molecule has 0 bridgehead atoms. The molecule has 0 radical (unpaired) electrons. The van der Waals surface area contributed by atoms with Crippen LogP contribution < -0.4 is 10.6 Å². The molecule has 5 nitrogen and oxygen atoms in total. The van der Waals surface area contributed by atoms with Gasteiger partial charge in [-0.2, -0.15) is 0 Å². The minimum absolute atomic E-state index is 0.0872. The van der Waals surface area contributed by atoms with Crippen LogP contribution in [0.25, 0.3) is 0 Å². The van der Waals surface area contributed by atoms with E-state index in [0.717, 1.165) is 12.8 Å². The van der Waals surface area contributed by atoms with Crippen molar-refractivity contribution in [2.24, 2.45) is 11.8 Å². The molecule has 1 aromatic rings. The van der Waals surface area contributed by atoms with Gasteiger partial charge >= 0.3 is 12.0 Å². The summed E-state index contributed by atoms with van der Waals surface area (Å²) in [4.78, 5) is 22.8. The number of anilines is 1. The molecule has 2 rings (SSSR count). The fourth-order valence-corrected chi connectivity index (χ4v) is 2.87. The van der Waals surface area contributed by atoms with Crippen LogP contribution in [0.5, 0.6) is 0 Å². The number of nitrogens with one attached hydrogen (secondary N) is 2. The number of hydrogen-bond acceptors (Lipinski definition) is 2. The normalized spacial score (nSPS) is 24.6. The Hall–Kier alpha value is -1.75. The molecular weight excluding hydrogens is 292 g/mol. The van der Waals surface area contributed by atoms with Crippen LogP contribution in [0.4, 0.5) is 10.5 Å². The number of benzene rings is 1. The zero-order chi connectivity index (χ0) is 15.6. The summed E-state index contributed by atoms with van der Waals surface area (Å²) in [6.07, 6.45) is 2.08. The van der Waals surface area contributed by atoms with E-state index < -0.39 is 5.97 Å². The predicted octanol–water partition coefficient (Wildman–Crippen LogP) is 3.59. The summed E-state index contributed by atoms with van der Waals surface area (Å²) in [7, 11) is 0. The average Bonchev–Trinajstić information content (AvgIpc) is 2.73. The molecule has 6 heteroatoms. The second-order valence-electron chi connectivity index (χ2n) is 5.62. The summed E-state index contributed by atoms with van der Waals surface area (Å²) in [6, 6.07) is 4.07. The third-order valence-corrected chi connectivity index (χ3v) is 4.56. The van der Waals surface area contributed by atoms with Gasteiger partial charge in [0.1, 0.15) is 0 Å². The van der Waals surface area contributed by atoms with Gasteiger partial charge in [-0.1, -0.05) is 25.4 Å². The zero-order valence-corrected chi connectivity index (χ0v) is 12.8. The molecule has 3 unspecified atom stereocenters. The molecule has 21 heavy (non-hydrogen) atoms. The van der Waals surface area contributed by atoms with Crippen LogP contribution in [-0.2, 0) is 0 Å². The standard InChI is InChI=1S/C15H19ClN2O3/c1-8-3-5-12(9(8)2)17-15(21)18-13-6-4-10(14(19)20)7-11(13)16/h4,6-9,12H,3,5H2,1-2H3,(H,19,20)(H2,17,18,21). The van der Waals surface area contributed by atoms with E-state index in [4.69, 9.17) is 16.7 Å². The van der Waals surface area contributed by atoms with Crippen molar-refractivity contribution in [1.82, 2.24) is 5.32 Å². The van der Waals surface area contributed by atoms with E-state index in [0.29, 0.717) is 17.5 Å². The van der Waals surface area contributed by atoms with Gasteiger partial charge in [-0.05, 0) is 42.9 Å². The molecule has 114 valence electrons. The number of carboxylic acid groups (broad SMARTS) is 1. The van der Waals surface area contributed by atoms with Crippen LogP contribution >= 0.6 is 11.6 Å². The summed E-state index contributed by atoms with van der Waals surface area (Å²) in [6.45, 7) is 4.32. The third kappa shape index (κ3) is 3.67. The lowest BCUT2D eigenvalue weighted by molar-refractivity contribution is 0.0697. The number of carboxylic acids is 1. The number of halogens is 1. The minimum atomic E-state index is -1.05. The maximum absolute atomic E-state index is 12.0. The van der Waals surface area contributed by atoms with Gasteiger partial charge in [-0.25, -0.2) is 9.59 Å². The van der Waals surface area contributed by atoms with E-state index in [1.165, 1.54) is 18.2 Å². The summed E-state index contributed by atoms with van der Waals surface area (Å²) in [5.41, 5.74) is 0.488. The average molecular weight is 311 g/mol. The van der Waals surface area contributed by atoms with Crippen molar-refractivity contribution in [3.05, 3.63) is 28.8 Å². The van der Waals surface area contributed by atoms with Crippen molar-refractivity contribution in [2.45, 2.75) is 32.7 Å². The number of hydrogen-bond donors (Lipinski definition) is 3. The SMILES string of the molecule is CC1CCC(NC(=O)Nc2ccc(C(=O)O)cc2Cl)C1C. The fraction of sp³-hybridized carbons (Fsp3) is 0.467. The Balaban J connectivity index is 1.98. The van der Waals surface area contributed by atoms with E-state index in [9.17, 15) is 9.59 Å². The molecule has 1 saturated carbocycles. The zero-order valence-electron chi connectivity index (χ0n) is 12.0. The largest absolute Gasteiger partial charge is 0.478 e. The van der Waals surface area contributed by atoms with E-state index in [2.05, 4.69) is 24.5 Å².